The minimum absolute atomic E-state index is 0.101. The number of likely N-dealkylation sites (tertiary alicyclic amines) is 1. The second kappa shape index (κ2) is 10.3. The summed E-state index contributed by atoms with van der Waals surface area (Å²) < 4.78 is 48.4. The van der Waals surface area contributed by atoms with E-state index in [1.165, 1.54) is 5.56 Å². The first-order valence-corrected chi connectivity index (χ1v) is 11.2. The maximum absolute atomic E-state index is 10.6. The van der Waals surface area contributed by atoms with Crippen LogP contribution in [0.4, 0.5) is 19.1 Å². The number of alkyl halides is 3. The Hall–Kier alpha value is -3.45. The summed E-state index contributed by atoms with van der Waals surface area (Å²) in [6.07, 6.45) is -0.508. The molecule has 194 valence electrons. The first-order chi connectivity index (χ1) is 17.1. The Morgan fingerprint density at radius 1 is 1.33 bits per heavy atom. The number of carboxylic acid groups (broad SMARTS) is 1. The van der Waals surface area contributed by atoms with E-state index in [1.807, 2.05) is 32.2 Å². The lowest BCUT2D eigenvalue weighted by molar-refractivity contribution is -0.192. The van der Waals surface area contributed by atoms with Crippen LogP contribution in [-0.4, -0.2) is 57.0 Å². The molecule has 1 spiro atoms. The van der Waals surface area contributed by atoms with E-state index in [1.54, 1.807) is 6.26 Å². The maximum Gasteiger partial charge on any atom is 0.490 e. The summed E-state index contributed by atoms with van der Waals surface area (Å²) in [5.74, 6) is -0.371. The van der Waals surface area contributed by atoms with Crippen LogP contribution in [0.5, 0.6) is 0 Å². The Morgan fingerprint density at radius 3 is 2.75 bits per heavy atom. The predicted molar refractivity (Wildman–Crippen MR) is 119 cm³/mol. The Kier molecular flexibility index (Phi) is 7.31. The Morgan fingerprint density at radius 2 is 2.11 bits per heavy atom. The van der Waals surface area contributed by atoms with E-state index in [4.69, 9.17) is 28.6 Å². The SMILES string of the molecule is Cc1noc(C)c1CN1CCC2(COCc3cnc(NCc4ccco4)nc32)C1.O=C(O)C(F)(F)F. The third-order valence-corrected chi connectivity index (χ3v) is 6.24. The Balaban J connectivity index is 0.000000384. The van der Waals surface area contributed by atoms with Crippen LogP contribution in [0.3, 0.4) is 0 Å². The quantitative estimate of drug-likeness (QED) is 0.527. The molecule has 1 fully saturated rings. The van der Waals surface area contributed by atoms with Crippen LogP contribution in [0.2, 0.25) is 0 Å². The van der Waals surface area contributed by atoms with E-state index in [2.05, 4.69) is 20.4 Å². The lowest BCUT2D eigenvalue weighted by atomic mass is 9.80. The van der Waals surface area contributed by atoms with Crippen molar-refractivity contribution in [3.8, 4) is 0 Å². The molecule has 13 heteroatoms. The van der Waals surface area contributed by atoms with Gasteiger partial charge in [0.15, 0.2) is 0 Å². The van der Waals surface area contributed by atoms with Crippen LogP contribution in [0, 0.1) is 13.8 Å². The Bertz CT molecular complexity index is 1180. The smallest absolute Gasteiger partial charge is 0.475 e. The van der Waals surface area contributed by atoms with Gasteiger partial charge in [-0.15, -0.1) is 0 Å². The molecule has 0 saturated carbocycles. The summed E-state index contributed by atoms with van der Waals surface area (Å²) in [6, 6.07) is 3.81. The highest BCUT2D eigenvalue weighted by atomic mass is 19.4. The fourth-order valence-electron chi connectivity index (χ4n) is 4.42. The molecule has 5 rings (SSSR count). The highest BCUT2D eigenvalue weighted by Crippen LogP contribution is 2.40. The van der Waals surface area contributed by atoms with Crippen LogP contribution >= 0.6 is 0 Å². The zero-order valence-electron chi connectivity index (χ0n) is 19.8. The number of aromatic nitrogens is 3. The molecular formula is C23H26F3N5O5. The van der Waals surface area contributed by atoms with Gasteiger partial charge in [0, 0.05) is 30.4 Å². The van der Waals surface area contributed by atoms with Crippen molar-refractivity contribution in [3.05, 3.63) is 58.6 Å². The molecule has 0 aliphatic carbocycles. The molecule has 3 aromatic rings. The average Bonchev–Trinajstić information content (AvgIpc) is 3.57. The number of halogens is 3. The minimum Gasteiger partial charge on any atom is -0.475 e. The van der Waals surface area contributed by atoms with Gasteiger partial charge >= 0.3 is 12.1 Å². The summed E-state index contributed by atoms with van der Waals surface area (Å²) in [5.41, 5.74) is 4.25. The fourth-order valence-corrected chi connectivity index (χ4v) is 4.42. The van der Waals surface area contributed by atoms with Crippen molar-refractivity contribution in [2.75, 3.05) is 25.0 Å². The molecular weight excluding hydrogens is 483 g/mol. The molecule has 10 nitrogen and oxygen atoms in total. The number of fused-ring (bicyclic) bond motifs is 2. The minimum atomic E-state index is -5.08. The van der Waals surface area contributed by atoms with E-state index < -0.39 is 12.1 Å². The number of hydrogen-bond donors (Lipinski definition) is 2. The second-order valence-electron chi connectivity index (χ2n) is 8.84. The zero-order valence-corrected chi connectivity index (χ0v) is 19.8. The molecule has 2 N–H and O–H groups in total. The molecule has 36 heavy (non-hydrogen) atoms. The van der Waals surface area contributed by atoms with Crippen molar-refractivity contribution in [1.82, 2.24) is 20.0 Å². The van der Waals surface area contributed by atoms with Crippen molar-refractivity contribution in [2.24, 2.45) is 0 Å². The van der Waals surface area contributed by atoms with Crippen molar-refractivity contribution in [1.29, 1.82) is 0 Å². The first-order valence-electron chi connectivity index (χ1n) is 11.2. The standard InChI is InChI=1S/C21H25N5O3.C2HF3O2/c1-14-18(15(2)29-25-14)10-26-6-5-21(12-26)13-27-11-16-8-22-20(24-19(16)21)23-9-17-4-3-7-28-17;3-2(4,5)1(6)7/h3-4,7-8H,5-6,9-13H2,1-2H3,(H,22,23,24);(H,6,7). The average molecular weight is 509 g/mol. The van der Waals surface area contributed by atoms with Gasteiger partial charge in [0.25, 0.3) is 0 Å². The van der Waals surface area contributed by atoms with Gasteiger partial charge in [0.1, 0.15) is 11.5 Å². The van der Waals surface area contributed by atoms with Gasteiger partial charge in [-0.05, 0) is 38.9 Å². The fraction of sp³-hybridized carbons (Fsp3) is 0.478. The highest BCUT2D eigenvalue weighted by molar-refractivity contribution is 5.73. The van der Waals surface area contributed by atoms with Gasteiger partial charge in [-0.1, -0.05) is 5.16 Å². The number of rotatable bonds is 5. The van der Waals surface area contributed by atoms with E-state index in [9.17, 15) is 13.2 Å². The number of aryl methyl sites for hydroxylation is 2. The zero-order chi connectivity index (χ0) is 25.9. The lowest BCUT2D eigenvalue weighted by Gasteiger charge is -2.34. The molecule has 0 amide bonds. The van der Waals surface area contributed by atoms with Crippen LogP contribution in [0.25, 0.3) is 0 Å². The summed E-state index contributed by atoms with van der Waals surface area (Å²) in [6.45, 7) is 8.53. The van der Waals surface area contributed by atoms with Crippen molar-refractivity contribution in [2.45, 2.75) is 51.6 Å². The van der Waals surface area contributed by atoms with E-state index in [0.29, 0.717) is 25.7 Å². The summed E-state index contributed by atoms with van der Waals surface area (Å²) in [4.78, 5) is 20.7. The molecule has 0 aromatic carbocycles. The second-order valence-corrected chi connectivity index (χ2v) is 8.84. The van der Waals surface area contributed by atoms with E-state index >= 15 is 0 Å². The maximum atomic E-state index is 10.6. The molecule has 3 aromatic heterocycles. The number of aliphatic carboxylic acids is 1. The normalized spacial score (nSPS) is 19.6. The van der Waals surface area contributed by atoms with Crippen LogP contribution < -0.4 is 5.32 Å². The number of ether oxygens (including phenoxy) is 1. The first kappa shape index (κ1) is 25.6. The van der Waals surface area contributed by atoms with Crippen LogP contribution in [0.1, 0.15) is 40.5 Å². The van der Waals surface area contributed by atoms with Crippen molar-refractivity contribution in [3.63, 3.8) is 0 Å². The van der Waals surface area contributed by atoms with Gasteiger partial charge < -0.3 is 24.1 Å². The van der Waals surface area contributed by atoms with Crippen molar-refractivity contribution >= 4 is 11.9 Å². The third kappa shape index (κ3) is 5.68. The van der Waals surface area contributed by atoms with Crippen LogP contribution in [-0.2, 0) is 34.6 Å². The molecule has 5 heterocycles. The van der Waals surface area contributed by atoms with Gasteiger partial charge in [-0.2, -0.15) is 13.2 Å². The molecule has 1 unspecified atom stereocenters. The molecule has 2 aliphatic rings. The highest BCUT2D eigenvalue weighted by Gasteiger charge is 2.45. The largest absolute Gasteiger partial charge is 0.490 e. The molecule has 1 saturated heterocycles. The monoisotopic (exact) mass is 509 g/mol. The summed E-state index contributed by atoms with van der Waals surface area (Å²) in [5, 5.41) is 14.5. The summed E-state index contributed by atoms with van der Waals surface area (Å²) in [7, 11) is 0. The molecule has 0 bridgehead atoms. The number of anilines is 1. The molecule has 0 radical (unpaired) electrons. The van der Waals surface area contributed by atoms with Crippen molar-refractivity contribution < 1.29 is 36.7 Å². The van der Waals surface area contributed by atoms with Gasteiger partial charge in [-0.3, -0.25) is 4.90 Å². The van der Waals surface area contributed by atoms with Gasteiger partial charge in [-0.25, -0.2) is 14.8 Å². The third-order valence-electron chi connectivity index (χ3n) is 6.24. The number of carbonyl (C=O) groups is 1. The number of furan rings is 1. The van der Waals surface area contributed by atoms with E-state index in [0.717, 1.165) is 54.5 Å². The molecule has 2 aliphatic heterocycles. The van der Waals surface area contributed by atoms with E-state index in [-0.39, 0.29) is 5.41 Å². The summed E-state index contributed by atoms with van der Waals surface area (Å²) >= 11 is 0. The lowest BCUT2D eigenvalue weighted by Crippen LogP contribution is -2.40. The van der Waals surface area contributed by atoms with Gasteiger partial charge in [0.2, 0.25) is 5.95 Å². The number of hydrogen-bond acceptors (Lipinski definition) is 9. The number of nitrogens with zero attached hydrogens (tertiary/aromatic N) is 4. The van der Waals surface area contributed by atoms with Gasteiger partial charge in [0.05, 0.1) is 42.8 Å². The number of carboxylic acids is 1. The topological polar surface area (TPSA) is 127 Å². The number of nitrogens with one attached hydrogen (secondary N) is 1. The Labute approximate surface area is 204 Å². The predicted octanol–water partition coefficient (Wildman–Crippen LogP) is 3.59. The van der Waals surface area contributed by atoms with Crippen LogP contribution in [0.15, 0.2) is 33.5 Å². The molecule has 1 atom stereocenters.